The van der Waals surface area contributed by atoms with Gasteiger partial charge < -0.3 is 19.6 Å². The van der Waals surface area contributed by atoms with Crippen molar-refractivity contribution in [3.8, 4) is 5.75 Å². The van der Waals surface area contributed by atoms with Crippen LogP contribution in [0.25, 0.3) is 0 Å². The third-order valence-corrected chi connectivity index (χ3v) is 3.44. The number of ether oxygens (including phenoxy) is 1. The third kappa shape index (κ3) is 3.61. The topological polar surface area (TPSA) is 35.9 Å². The Labute approximate surface area is 115 Å². The van der Waals surface area contributed by atoms with Crippen molar-refractivity contribution in [2.75, 3.05) is 38.2 Å². The van der Waals surface area contributed by atoms with Crippen molar-refractivity contribution in [3.63, 3.8) is 0 Å². The standard InChI is InChI=1S/C15H24N2O2/c1-12(2)19-15-6-4-13(5-7-15)17-9-8-16(3)10-14(17)11-18/h4-7,12,14,18H,8-11H2,1-3H3. The predicted octanol–water partition coefficient (Wildman–Crippen LogP) is 1.59. The van der Waals surface area contributed by atoms with Gasteiger partial charge in [-0.15, -0.1) is 0 Å². The minimum Gasteiger partial charge on any atom is -0.491 e. The van der Waals surface area contributed by atoms with Crippen molar-refractivity contribution in [2.45, 2.75) is 26.0 Å². The van der Waals surface area contributed by atoms with Gasteiger partial charge in [-0.2, -0.15) is 0 Å². The minimum atomic E-state index is 0.176. The summed E-state index contributed by atoms with van der Waals surface area (Å²) < 4.78 is 5.65. The number of anilines is 1. The maximum Gasteiger partial charge on any atom is 0.119 e. The quantitative estimate of drug-likeness (QED) is 0.896. The lowest BCUT2D eigenvalue weighted by Crippen LogP contribution is -2.53. The van der Waals surface area contributed by atoms with Gasteiger partial charge in [-0.1, -0.05) is 0 Å². The van der Waals surface area contributed by atoms with Crippen LogP contribution in [0.2, 0.25) is 0 Å². The molecular weight excluding hydrogens is 240 g/mol. The highest BCUT2D eigenvalue weighted by atomic mass is 16.5. The van der Waals surface area contributed by atoms with Crippen LogP contribution in [0.15, 0.2) is 24.3 Å². The number of benzene rings is 1. The van der Waals surface area contributed by atoms with E-state index in [1.807, 2.05) is 26.0 Å². The second-order valence-electron chi connectivity index (χ2n) is 5.45. The van der Waals surface area contributed by atoms with E-state index >= 15 is 0 Å². The number of rotatable bonds is 4. The molecule has 0 radical (unpaired) electrons. The van der Waals surface area contributed by atoms with E-state index in [9.17, 15) is 5.11 Å². The molecule has 1 fully saturated rings. The highest BCUT2D eigenvalue weighted by Crippen LogP contribution is 2.23. The molecule has 4 heteroatoms. The van der Waals surface area contributed by atoms with Gasteiger partial charge in [0.1, 0.15) is 5.75 Å². The monoisotopic (exact) mass is 264 g/mol. The van der Waals surface area contributed by atoms with Crippen molar-refractivity contribution in [2.24, 2.45) is 0 Å². The van der Waals surface area contributed by atoms with Gasteiger partial charge in [0.15, 0.2) is 0 Å². The van der Waals surface area contributed by atoms with E-state index in [1.54, 1.807) is 0 Å². The number of nitrogens with zero attached hydrogens (tertiary/aromatic N) is 2. The Bertz CT molecular complexity index is 392. The van der Waals surface area contributed by atoms with E-state index in [0.717, 1.165) is 31.1 Å². The van der Waals surface area contributed by atoms with Crippen LogP contribution in [0, 0.1) is 0 Å². The Kier molecular flexibility index (Phi) is 4.66. The molecule has 0 aliphatic carbocycles. The van der Waals surface area contributed by atoms with Gasteiger partial charge in [0, 0.05) is 25.3 Å². The zero-order valence-corrected chi connectivity index (χ0v) is 12.0. The second-order valence-corrected chi connectivity index (χ2v) is 5.45. The molecule has 0 amide bonds. The fraction of sp³-hybridized carbons (Fsp3) is 0.600. The van der Waals surface area contributed by atoms with Crippen LogP contribution in [-0.4, -0.2) is 55.4 Å². The highest BCUT2D eigenvalue weighted by Gasteiger charge is 2.24. The number of aliphatic hydroxyl groups excluding tert-OH is 1. The first kappa shape index (κ1) is 14.2. The summed E-state index contributed by atoms with van der Waals surface area (Å²) in [6.07, 6.45) is 0.194. The van der Waals surface area contributed by atoms with E-state index in [4.69, 9.17) is 4.74 Å². The van der Waals surface area contributed by atoms with E-state index in [-0.39, 0.29) is 18.8 Å². The summed E-state index contributed by atoms with van der Waals surface area (Å²) in [5.41, 5.74) is 1.16. The average molecular weight is 264 g/mol. The van der Waals surface area contributed by atoms with Crippen LogP contribution in [0.4, 0.5) is 5.69 Å². The van der Waals surface area contributed by atoms with Crippen molar-refractivity contribution in [1.82, 2.24) is 4.90 Å². The molecule has 1 atom stereocenters. The maximum absolute atomic E-state index is 9.52. The summed E-state index contributed by atoms with van der Waals surface area (Å²) in [6.45, 7) is 7.12. The molecule has 19 heavy (non-hydrogen) atoms. The zero-order valence-electron chi connectivity index (χ0n) is 12.0. The molecule has 1 aromatic carbocycles. The van der Waals surface area contributed by atoms with Gasteiger partial charge in [-0.05, 0) is 45.2 Å². The molecule has 1 heterocycles. The summed E-state index contributed by atoms with van der Waals surface area (Å²) in [4.78, 5) is 4.53. The zero-order chi connectivity index (χ0) is 13.8. The molecular formula is C15H24N2O2. The lowest BCUT2D eigenvalue weighted by atomic mass is 10.1. The minimum absolute atomic E-state index is 0.176. The SMILES string of the molecule is CC(C)Oc1ccc(N2CCN(C)CC2CO)cc1. The van der Waals surface area contributed by atoms with Crippen molar-refractivity contribution >= 4 is 5.69 Å². The van der Waals surface area contributed by atoms with Crippen LogP contribution in [-0.2, 0) is 0 Å². The molecule has 1 N–H and O–H groups in total. The van der Waals surface area contributed by atoms with Gasteiger partial charge in [0.2, 0.25) is 0 Å². The molecule has 1 aromatic rings. The van der Waals surface area contributed by atoms with Gasteiger partial charge >= 0.3 is 0 Å². The summed E-state index contributed by atoms with van der Waals surface area (Å²) in [5.74, 6) is 0.897. The lowest BCUT2D eigenvalue weighted by molar-refractivity contribution is 0.191. The lowest BCUT2D eigenvalue weighted by Gasteiger charge is -2.40. The fourth-order valence-electron chi connectivity index (χ4n) is 2.50. The van der Waals surface area contributed by atoms with Crippen LogP contribution >= 0.6 is 0 Å². The predicted molar refractivity (Wildman–Crippen MR) is 77.9 cm³/mol. The maximum atomic E-state index is 9.52. The first-order valence-corrected chi connectivity index (χ1v) is 6.93. The highest BCUT2D eigenvalue weighted by molar-refractivity contribution is 5.50. The van der Waals surface area contributed by atoms with Gasteiger partial charge in [0.25, 0.3) is 0 Å². The Hall–Kier alpha value is -1.26. The molecule has 0 spiro atoms. The molecule has 0 aromatic heterocycles. The van der Waals surface area contributed by atoms with E-state index < -0.39 is 0 Å². The number of likely N-dealkylation sites (N-methyl/N-ethyl adjacent to an activating group) is 1. The van der Waals surface area contributed by atoms with Crippen molar-refractivity contribution in [3.05, 3.63) is 24.3 Å². The Morgan fingerprint density at radius 1 is 1.26 bits per heavy atom. The molecule has 0 bridgehead atoms. The number of aliphatic hydroxyl groups is 1. The van der Waals surface area contributed by atoms with E-state index in [2.05, 4.69) is 29.0 Å². The van der Waals surface area contributed by atoms with E-state index in [0.29, 0.717) is 0 Å². The smallest absolute Gasteiger partial charge is 0.119 e. The third-order valence-electron chi connectivity index (χ3n) is 3.44. The van der Waals surface area contributed by atoms with Gasteiger partial charge in [0.05, 0.1) is 18.8 Å². The molecule has 106 valence electrons. The number of hydrogen-bond donors (Lipinski definition) is 1. The molecule has 0 saturated carbocycles. The molecule has 1 unspecified atom stereocenters. The van der Waals surface area contributed by atoms with Crippen LogP contribution < -0.4 is 9.64 Å². The molecule has 4 nitrogen and oxygen atoms in total. The van der Waals surface area contributed by atoms with Crippen molar-refractivity contribution in [1.29, 1.82) is 0 Å². The van der Waals surface area contributed by atoms with E-state index in [1.165, 1.54) is 0 Å². The van der Waals surface area contributed by atoms with Crippen molar-refractivity contribution < 1.29 is 9.84 Å². The normalized spacial score (nSPS) is 20.9. The van der Waals surface area contributed by atoms with Gasteiger partial charge in [-0.3, -0.25) is 0 Å². The summed E-state index contributed by atoms with van der Waals surface area (Å²) >= 11 is 0. The molecule has 1 saturated heterocycles. The first-order valence-electron chi connectivity index (χ1n) is 6.93. The average Bonchev–Trinajstić information content (AvgIpc) is 2.39. The molecule has 1 aliphatic rings. The van der Waals surface area contributed by atoms with Crippen LogP contribution in [0.3, 0.4) is 0 Å². The molecule has 1 aliphatic heterocycles. The Morgan fingerprint density at radius 2 is 1.95 bits per heavy atom. The summed E-state index contributed by atoms with van der Waals surface area (Å²) in [6, 6.07) is 8.33. The second kappa shape index (κ2) is 6.26. The largest absolute Gasteiger partial charge is 0.491 e. The Balaban J connectivity index is 2.08. The first-order chi connectivity index (χ1) is 9.10. The fourth-order valence-corrected chi connectivity index (χ4v) is 2.50. The van der Waals surface area contributed by atoms with Crippen LogP contribution in [0.1, 0.15) is 13.8 Å². The van der Waals surface area contributed by atoms with Crippen LogP contribution in [0.5, 0.6) is 5.75 Å². The number of hydrogen-bond acceptors (Lipinski definition) is 4. The molecule has 2 rings (SSSR count). The summed E-state index contributed by atoms with van der Waals surface area (Å²) in [5, 5.41) is 9.52. The Morgan fingerprint density at radius 3 is 2.53 bits per heavy atom. The van der Waals surface area contributed by atoms with Gasteiger partial charge in [-0.25, -0.2) is 0 Å². The number of piperazine rings is 1. The summed E-state index contributed by atoms with van der Waals surface area (Å²) in [7, 11) is 2.10.